The first-order valence-electron chi connectivity index (χ1n) is 13.2. The normalized spacial score (nSPS) is 16.5. The molecule has 0 aliphatic carbocycles. The number of anilines is 2. The summed E-state index contributed by atoms with van der Waals surface area (Å²) in [6, 6.07) is 18.0. The molecule has 1 aromatic carbocycles. The molecule has 0 bridgehead atoms. The lowest BCUT2D eigenvalue weighted by molar-refractivity contribution is 0.0668. The highest BCUT2D eigenvalue weighted by molar-refractivity contribution is 6.10. The molecule has 6 rings (SSSR count). The monoisotopic (exact) mass is 524 g/mol. The summed E-state index contributed by atoms with van der Waals surface area (Å²) in [7, 11) is 3.89. The van der Waals surface area contributed by atoms with Crippen molar-refractivity contribution in [2.24, 2.45) is 0 Å². The third-order valence-electron chi connectivity index (χ3n) is 7.48. The van der Waals surface area contributed by atoms with Crippen LogP contribution in [0.3, 0.4) is 0 Å². The summed E-state index contributed by atoms with van der Waals surface area (Å²) >= 11 is 0. The van der Waals surface area contributed by atoms with Crippen LogP contribution in [0.2, 0.25) is 0 Å². The van der Waals surface area contributed by atoms with E-state index in [9.17, 15) is 4.79 Å². The Labute approximate surface area is 227 Å². The highest BCUT2D eigenvalue weighted by Gasteiger charge is 2.34. The van der Waals surface area contributed by atoms with Gasteiger partial charge in [0.05, 0.1) is 30.5 Å². The lowest BCUT2D eigenvalue weighted by atomic mass is 10.1. The number of aromatic nitrogens is 5. The van der Waals surface area contributed by atoms with Crippen LogP contribution in [0.5, 0.6) is 0 Å². The number of fused-ring (bicyclic) bond motifs is 2. The SMILES string of the molecule is CNCc1nc(N(C)C(C)C)cc2c1CN(c1cccc(-c3nnc4n3[C@@H](c3ccccc3)COC4)n1)C2=O. The minimum atomic E-state index is -0.0772. The van der Waals surface area contributed by atoms with E-state index in [0.717, 1.165) is 28.5 Å². The van der Waals surface area contributed by atoms with Gasteiger partial charge in [0.25, 0.3) is 5.91 Å². The highest BCUT2D eigenvalue weighted by atomic mass is 16.5. The fraction of sp³-hybridized carbons (Fsp3) is 0.345. The summed E-state index contributed by atoms with van der Waals surface area (Å²) in [6.07, 6.45) is 0. The van der Waals surface area contributed by atoms with E-state index in [1.165, 1.54) is 0 Å². The van der Waals surface area contributed by atoms with E-state index < -0.39 is 0 Å². The Morgan fingerprint density at radius 2 is 1.92 bits per heavy atom. The Hall–Kier alpha value is -4.15. The van der Waals surface area contributed by atoms with Gasteiger partial charge < -0.3 is 15.0 Å². The first kappa shape index (κ1) is 25.1. The van der Waals surface area contributed by atoms with Crippen molar-refractivity contribution in [1.82, 2.24) is 30.0 Å². The topological polar surface area (TPSA) is 101 Å². The molecule has 39 heavy (non-hydrogen) atoms. The summed E-state index contributed by atoms with van der Waals surface area (Å²) in [5, 5.41) is 12.1. The molecule has 5 heterocycles. The molecule has 2 aliphatic heterocycles. The number of rotatable bonds is 7. The molecule has 0 fully saturated rings. The van der Waals surface area contributed by atoms with Crippen molar-refractivity contribution in [3.05, 3.63) is 82.8 Å². The molecule has 0 unspecified atom stereocenters. The zero-order valence-corrected chi connectivity index (χ0v) is 22.6. The Kier molecular flexibility index (Phi) is 6.58. The van der Waals surface area contributed by atoms with Gasteiger partial charge in [-0.1, -0.05) is 36.4 Å². The van der Waals surface area contributed by atoms with Gasteiger partial charge in [0.1, 0.15) is 23.9 Å². The fourth-order valence-corrected chi connectivity index (χ4v) is 5.18. The van der Waals surface area contributed by atoms with Gasteiger partial charge in [0, 0.05) is 25.2 Å². The lowest BCUT2D eigenvalue weighted by Crippen LogP contribution is -2.27. The van der Waals surface area contributed by atoms with Crippen LogP contribution in [0, 0.1) is 0 Å². The zero-order chi connectivity index (χ0) is 27.1. The second-order valence-corrected chi connectivity index (χ2v) is 10.2. The minimum Gasteiger partial charge on any atom is -0.371 e. The number of nitrogens with zero attached hydrogens (tertiary/aromatic N) is 7. The van der Waals surface area contributed by atoms with Gasteiger partial charge in [-0.3, -0.25) is 14.3 Å². The van der Waals surface area contributed by atoms with Crippen LogP contribution in [0.1, 0.15) is 52.9 Å². The van der Waals surface area contributed by atoms with E-state index in [4.69, 9.17) is 14.7 Å². The van der Waals surface area contributed by atoms with Crippen LogP contribution in [0.4, 0.5) is 11.6 Å². The smallest absolute Gasteiger partial charge is 0.260 e. The number of hydrogen-bond acceptors (Lipinski definition) is 8. The van der Waals surface area contributed by atoms with Crippen molar-refractivity contribution in [3.63, 3.8) is 0 Å². The molecular formula is C29H32N8O2. The second-order valence-electron chi connectivity index (χ2n) is 10.2. The number of ether oxygens (including phenoxy) is 1. The molecule has 0 saturated heterocycles. The number of carbonyl (C=O) groups excluding carboxylic acids is 1. The van der Waals surface area contributed by atoms with Gasteiger partial charge in [0.2, 0.25) is 0 Å². The molecule has 10 nitrogen and oxygen atoms in total. The predicted octanol–water partition coefficient (Wildman–Crippen LogP) is 3.58. The Morgan fingerprint density at radius 3 is 2.69 bits per heavy atom. The molecule has 0 spiro atoms. The molecule has 1 amide bonds. The van der Waals surface area contributed by atoms with Crippen molar-refractivity contribution in [2.75, 3.05) is 30.5 Å². The Morgan fingerprint density at radius 1 is 1.10 bits per heavy atom. The van der Waals surface area contributed by atoms with Gasteiger partial charge in [-0.15, -0.1) is 10.2 Å². The maximum Gasteiger partial charge on any atom is 0.260 e. The largest absolute Gasteiger partial charge is 0.371 e. The molecule has 2 aliphatic rings. The van der Waals surface area contributed by atoms with E-state index in [-0.39, 0.29) is 18.0 Å². The average Bonchev–Trinajstić information content (AvgIpc) is 3.55. The van der Waals surface area contributed by atoms with E-state index in [2.05, 4.69) is 51.0 Å². The van der Waals surface area contributed by atoms with Gasteiger partial charge in [0.15, 0.2) is 11.6 Å². The standard InChI is InChI=1S/C29H32N8O2/c1-18(2)35(4)26-13-20-21(23(32-26)14-30-3)15-36(29(20)38)25-12-8-11-22(31-25)28-34-33-27-17-39-16-24(37(27)28)19-9-6-5-7-10-19/h5-13,18,24,30H,14-17H2,1-4H3/t24-/m1/s1. The van der Waals surface area contributed by atoms with Crippen LogP contribution >= 0.6 is 0 Å². The molecular weight excluding hydrogens is 492 g/mol. The van der Waals surface area contributed by atoms with Gasteiger partial charge >= 0.3 is 0 Å². The van der Waals surface area contributed by atoms with Gasteiger partial charge in [-0.05, 0) is 44.7 Å². The number of pyridine rings is 2. The van der Waals surface area contributed by atoms with Crippen molar-refractivity contribution < 1.29 is 9.53 Å². The molecule has 4 aromatic rings. The summed E-state index contributed by atoms with van der Waals surface area (Å²) in [5.41, 5.74) is 4.26. The quantitative estimate of drug-likeness (QED) is 0.392. The predicted molar refractivity (Wildman–Crippen MR) is 149 cm³/mol. The maximum atomic E-state index is 13.7. The number of benzene rings is 1. The number of carbonyl (C=O) groups is 1. The summed E-state index contributed by atoms with van der Waals surface area (Å²) < 4.78 is 7.93. The Bertz CT molecular complexity index is 1520. The van der Waals surface area contributed by atoms with Crippen molar-refractivity contribution in [1.29, 1.82) is 0 Å². The Balaban J connectivity index is 1.37. The minimum absolute atomic E-state index is 0.0605. The van der Waals surface area contributed by atoms with E-state index in [1.807, 2.05) is 56.6 Å². The van der Waals surface area contributed by atoms with Crippen molar-refractivity contribution >= 4 is 17.5 Å². The van der Waals surface area contributed by atoms with Crippen LogP contribution in [-0.4, -0.2) is 57.4 Å². The summed E-state index contributed by atoms with van der Waals surface area (Å²) in [5.74, 6) is 2.70. The van der Waals surface area contributed by atoms with Crippen LogP contribution < -0.4 is 15.1 Å². The fourth-order valence-electron chi connectivity index (χ4n) is 5.18. The summed E-state index contributed by atoms with van der Waals surface area (Å²) in [4.78, 5) is 27.4. The summed E-state index contributed by atoms with van der Waals surface area (Å²) in [6.45, 7) is 6.12. The molecule has 3 aromatic heterocycles. The molecule has 1 atom stereocenters. The van der Waals surface area contributed by atoms with E-state index in [1.54, 1.807) is 4.90 Å². The number of nitrogens with one attached hydrogen (secondary N) is 1. The maximum absolute atomic E-state index is 13.7. The van der Waals surface area contributed by atoms with E-state index in [0.29, 0.717) is 49.2 Å². The molecule has 0 radical (unpaired) electrons. The first-order valence-corrected chi connectivity index (χ1v) is 13.2. The van der Waals surface area contributed by atoms with Crippen LogP contribution in [0.25, 0.3) is 11.5 Å². The van der Waals surface area contributed by atoms with Gasteiger partial charge in [-0.2, -0.15) is 0 Å². The second kappa shape index (κ2) is 10.2. The highest BCUT2D eigenvalue weighted by Crippen LogP contribution is 2.34. The van der Waals surface area contributed by atoms with E-state index >= 15 is 0 Å². The van der Waals surface area contributed by atoms with Crippen molar-refractivity contribution in [2.45, 2.75) is 45.6 Å². The van der Waals surface area contributed by atoms with Crippen molar-refractivity contribution in [3.8, 4) is 11.5 Å². The number of hydrogen-bond donors (Lipinski definition) is 1. The van der Waals surface area contributed by atoms with Crippen LogP contribution in [0.15, 0.2) is 54.6 Å². The first-order chi connectivity index (χ1) is 19.0. The van der Waals surface area contributed by atoms with Gasteiger partial charge in [-0.25, -0.2) is 9.97 Å². The van der Waals surface area contributed by atoms with Crippen LogP contribution in [-0.2, 0) is 24.4 Å². The zero-order valence-electron chi connectivity index (χ0n) is 22.6. The number of amides is 1. The average molecular weight is 525 g/mol. The third kappa shape index (κ3) is 4.45. The molecule has 10 heteroatoms. The lowest BCUT2D eigenvalue weighted by Gasteiger charge is -2.26. The molecule has 200 valence electrons. The molecule has 1 N–H and O–H groups in total. The molecule has 0 saturated carbocycles. The third-order valence-corrected chi connectivity index (χ3v) is 7.48.